The van der Waals surface area contributed by atoms with Crippen LogP contribution < -0.4 is 4.90 Å². The Labute approximate surface area is 220 Å². The number of carbonyl (C=O) groups excluding carboxylic acids is 1. The molecule has 0 bridgehead atoms. The fourth-order valence-electron chi connectivity index (χ4n) is 4.58. The van der Waals surface area contributed by atoms with E-state index in [2.05, 4.69) is 37.4 Å². The van der Waals surface area contributed by atoms with Gasteiger partial charge in [0.2, 0.25) is 0 Å². The van der Waals surface area contributed by atoms with E-state index in [0.717, 1.165) is 27.7 Å². The number of aromatic nitrogens is 5. The van der Waals surface area contributed by atoms with Gasteiger partial charge in [-0.1, -0.05) is 41.9 Å². The molecule has 10 heteroatoms. The number of ether oxygens (including phenoxy) is 1. The third-order valence-corrected chi connectivity index (χ3v) is 6.60. The number of aryl methyl sites for hydroxylation is 1. The molecule has 1 fully saturated rings. The molecule has 0 radical (unpaired) electrons. The number of nitrogens with one attached hydrogen (secondary N) is 1. The van der Waals surface area contributed by atoms with Crippen molar-refractivity contribution in [2.24, 2.45) is 0 Å². The fraction of sp³-hybridized carbons (Fsp3) is 0.370. The summed E-state index contributed by atoms with van der Waals surface area (Å²) in [6.07, 6.45) is 0.361. The zero-order chi connectivity index (χ0) is 26.2. The van der Waals surface area contributed by atoms with E-state index in [1.807, 2.05) is 69.0 Å². The summed E-state index contributed by atoms with van der Waals surface area (Å²) in [6, 6.07) is 15.9. The lowest BCUT2D eigenvalue weighted by atomic mass is 10.0. The lowest BCUT2D eigenvalue weighted by Crippen LogP contribution is -2.57. The van der Waals surface area contributed by atoms with Crippen LogP contribution in [0.15, 0.2) is 48.5 Å². The number of H-pyrrole nitrogens is 1. The second-order valence-corrected chi connectivity index (χ2v) is 10.7. The van der Waals surface area contributed by atoms with Gasteiger partial charge in [-0.05, 0) is 57.9 Å². The Morgan fingerprint density at radius 1 is 1.14 bits per heavy atom. The van der Waals surface area contributed by atoms with Gasteiger partial charge in [0, 0.05) is 36.3 Å². The molecule has 1 aliphatic heterocycles. The highest BCUT2D eigenvalue weighted by Gasteiger charge is 2.35. The van der Waals surface area contributed by atoms with Crippen molar-refractivity contribution in [3.8, 4) is 11.4 Å². The van der Waals surface area contributed by atoms with Gasteiger partial charge in [-0.2, -0.15) is 5.10 Å². The monoisotopic (exact) mass is 519 g/mol. The summed E-state index contributed by atoms with van der Waals surface area (Å²) in [7, 11) is 0. The minimum absolute atomic E-state index is 0.134. The third kappa shape index (κ3) is 5.51. The smallest absolute Gasteiger partial charge is 0.410 e. The van der Waals surface area contributed by atoms with Gasteiger partial charge in [0.1, 0.15) is 5.60 Å². The summed E-state index contributed by atoms with van der Waals surface area (Å²) >= 11 is 6.52. The summed E-state index contributed by atoms with van der Waals surface area (Å²) in [5.74, 6) is 1.04. The summed E-state index contributed by atoms with van der Waals surface area (Å²) in [5.41, 5.74) is 3.25. The predicted molar refractivity (Wildman–Crippen MR) is 144 cm³/mol. The van der Waals surface area contributed by atoms with Crippen LogP contribution in [-0.4, -0.2) is 67.6 Å². The number of hydrogen-bond donors (Lipinski definition) is 1. The van der Waals surface area contributed by atoms with Gasteiger partial charge in [0.25, 0.3) is 0 Å². The Hall–Kier alpha value is -3.72. The topological polar surface area (TPSA) is 100 Å². The number of piperazine rings is 1. The minimum atomic E-state index is -0.575. The molecule has 1 N–H and O–H groups in total. The second-order valence-electron chi connectivity index (χ2n) is 10.3. The van der Waals surface area contributed by atoms with Crippen molar-refractivity contribution in [3.05, 3.63) is 64.9 Å². The number of hydrogen-bond acceptors (Lipinski definition) is 7. The highest BCUT2D eigenvalue weighted by atomic mass is 35.5. The SMILES string of the molecule is Cc1[nH]nc2ccc(-c3nnc(Cl)c(N4CCN(C(=O)OC(C)(C)C)[C@@H](Cc5ccccc5)C4)n3)cc12. The number of rotatable bonds is 4. The largest absolute Gasteiger partial charge is 0.444 e. The van der Waals surface area contributed by atoms with Crippen molar-refractivity contribution in [2.75, 3.05) is 24.5 Å². The van der Waals surface area contributed by atoms with Crippen LogP contribution in [0, 0.1) is 6.92 Å². The fourth-order valence-corrected chi connectivity index (χ4v) is 4.77. The van der Waals surface area contributed by atoms with Gasteiger partial charge < -0.3 is 14.5 Å². The second kappa shape index (κ2) is 9.97. The van der Waals surface area contributed by atoms with E-state index >= 15 is 0 Å². The van der Waals surface area contributed by atoms with Gasteiger partial charge in [-0.25, -0.2) is 9.78 Å². The van der Waals surface area contributed by atoms with E-state index in [4.69, 9.17) is 21.3 Å². The molecule has 2 aromatic heterocycles. The number of anilines is 1. The van der Waals surface area contributed by atoms with Crippen molar-refractivity contribution in [3.63, 3.8) is 0 Å². The van der Waals surface area contributed by atoms with Crippen LogP contribution in [0.1, 0.15) is 32.0 Å². The standard InChI is InChI=1S/C27H30ClN7O2/c1-17-21-15-19(10-11-22(21)31-30-17)24-29-25(23(28)32-33-24)34-12-13-35(26(36)37-27(2,3)4)20(16-34)14-18-8-6-5-7-9-18/h5-11,15,20H,12-14,16H2,1-4H3,(H,30,31)/t20-/m0/s1. The molecule has 4 aromatic rings. The van der Waals surface area contributed by atoms with E-state index in [1.165, 1.54) is 0 Å². The highest BCUT2D eigenvalue weighted by Crippen LogP contribution is 2.29. The van der Waals surface area contributed by atoms with Gasteiger partial charge in [0.15, 0.2) is 16.8 Å². The third-order valence-electron chi connectivity index (χ3n) is 6.36. The maximum Gasteiger partial charge on any atom is 0.410 e. The Kier molecular flexibility index (Phi) is 6.72. The molecule has 1 amide bonds. The Bertz CT molecular complexity index is 1420. The van der Waals surface area contributed by atoms with Crippen molar-refractivity contribution < 1.29 is 9.53 Å². The zero-order valence-electron chi connectivity index (χ0n) is 21.4. The molecular weight excluding hydrogens is 490 g/mol. The average Bonchev–Trinajstić information content (AvgIpc) is 3.24. The minimum Gasteiger partial charge on any atom is -0.444 e. The van der Waals surface area contributed by atoms with Gasteiger partial charge in [0.05, 0.1) is 11.6 Å². The molecule has 1 aliphatic rings. The van der Waals surface area contributed by atoms with E-state index in [-0.39, 0.29) is 17.3 Å². The lowest BCUT2D eigenvalue weighted by Gasteiger charge is -2.42. The van der Waals surface area contributed by atoms with Crippen molar-refractivity contribution >= 4 is 34.4 Å². The number of benzene rings is 2. The summed E-state index contributed by atoms with van der Waals surface area (Å²) in [5, 5.41) is 17.0. The Balaban J connectivity index is 1.44. The number of fused-ring (bicyclic) bond motifs is 1. The Morgan fingerprint density at radius 3 is 2.68 bits per heavy atom. The quantitative estimate of drug-likeness (QED) is 0.403. The van der Waals surface area contributed by atoms with Crippen LogP contribution in [0.5, 0.6) is 0 Å². The first kappa shape index (κ1) is 25.0. The number of halogens is 1. The molecule has 1 atom stereocenters. The van der Waals surface area contributed by atoms with Gasteiger partial charge in [-0.3, -0.25) is 5.10 Å². The Morgan fingerprint density at radius 2 is 1.92 bits per heavy atom. The molecular formula is C27H30ClN7O2. The van der Waals surface area contributed by atoms with E-state index in [9.17, 15) is 4.79 Å². The van der Waals surface area contributed by atoms with Crippen LogP contribution >= 0.6 is 11.6 Å². The molecule has 37 heavy (non-hydrogen) atoms. The van der Waals surface area contributed by atoms with Gasteiger partial charge >= 0.3 is 6.09 Å². The molecule has 0 aliphatic carbocycles. The molecule has 1 saturated heterocycles. The first-order chi connectivity index (χ1) is 17.7. The number of amides is 1. The highest BCUT2D eigenvalue weighted by molar-refractivity contribution is 6.31. The molecule has 0 saturated carbocycles. The zero-order valence-corrected chi connectivity index (χ0v) is 22.2. The van der Waals surface area contributed by atoms with Crippen LogP contribution in [0.25, 0.3) is 22.3 Å². The average molecular weight is 520 g/mol. The van der Waals surface area contributed by atoms with E-state index in [0.29, 0.717) is 37.7 Å². The molecule has 3 heterocycles. The normalized spacial score (nSPS) is 16.3. The van der Waals surface area contributed by atoms with Crippen LogP contribution in [0.4, 0.5) is 10.6 Å². The van der Waals surface area contributed by atoms with E-state index in [1.54, 1.807) is 0 Å². The summed E-state index contributed by atoms with van der Waals surface area (Å²) in [6.45, 7) is 9.16. The van der Waals surface area contributed by atoms with Crippen LogP contribution in [0.2, 0.25) is 5.15 Å². The lowest BCUT2D eigenvalue weighted by molar-refractivity contribution is 0.0140. The predicted octanol–water partition coefficient (Wildman–Crippen LogP) is 5.05. The molecule has 192 valence electrons. The molecule has 2 aromatic carbocycles. The molecule has 9 nitrogen and oxygen atoms in total. The number of aromatic amines is 1. The number of carbonyl (C=O) groups is 1. The maximum atomic E-state index is 13.1. The van der Waals surface area contributed by atoms with Crippen molar-refractivity contribution in [1.82, 2.24) is 30.3 Å². The first-order valence-corrected chi connectivity index (χ1v) is 12.7. The van der Waals surface area contributed by atoms with Crippen molar-refractivity contribution in [2.45, 2.75) is 45.8 Å². The molecule has 0 unspecified atom stereocenters. The first-order valence-electron chi connectivity index (χ1n) is 12.3. The summed E-state index contributed by atoms with van der Waals surface area (Å²) < 4.78 is 5.72. The van der Waals surface area contributed by atoms with Crippen molar-refractivity contribution in [1.29, 1.82) is 0 Å². The van der Waals surface area contributed by atoms with Gasteiger partial charge in [-0.15, -0.1) is 10.2 Å². The molecule has 0 spiro atoms. The van der Waals surface area contributed by atoms with Crippen LogP contribution in [-0.2, 0) is 11.2 Å². The number of nitrogens with zero attached hydrogens (tertiary/aromatic N) is 6. The molecule has 5 rings (SSSR count). The van der Waals surface area contributed by atoms with E-state index < -0.39 is 5.60 Å². The summed E-state index contributed by atoms with van der Waals surface area (Å²) in [4.78, 5) is 21.8. The maximum absolute atomic E-state index is 13.1. The van der Waals surface area contributed by atoms with Crippen LogP contribution in [0.3, 0.4) is 0 Å².